The normalized spacial score (nSPS) is 9.84. The molecule has 1 heterocycles. The van der Waals surface area contributed by atoms with E-state index in [-0.39, 0.29) is 12.4 Å². The highest BCUT2D eigenvalue weighted by Gasteiger charge is 2.09. The maximum Gasteiger partial charge on any atom is 0.371 e. The summed E-state index contributed by atoms with van der Waals surface area (Å²) in [7, 11) is 0. The molecule has 5 heteroatoms. The minimum absolute atomic E-state index is 0.108. The van der Waals surface area contributed by atoms with Gasteiger partial charge in [-0.2, -0.15) is 5.26 Å². The summed E-state index contributed by atoms with van der Waals surface area (Å²) in [4.78, 5) is 10.6. The Labute approximate surface area is 109 Å². The zero-order chi connectivity index (χ0) is 13.7. The number of rotatable bonds is 5. The first-order chi connectivity index (χ1) is 9.19. The fourth-order valence-corrected chi connectivity index (χ4v) is 1.52. The number of carboxylic acid groups (broad SMARTS) is 1. The first kappa shape index (κ1) is 12.7. The van der Waals surface area contributed by atoms with Crippen molar-refractivity contribution in [2.75, 3.05) is 0 Å². The Kier molecular flexibility index (Phi) is 3.84. The van der Waals surface area contributed by atoms with E-state index in [1.807, 2.05) is 12.1 Å². The summed E-state index contributed by atoms with van der Waals surface area (Å²) in [5, 5.41) is 17.3. The van der Waals surface area contributed by atoms with Gasteiger partial charge < -0.3 is 14.3 Å². The number of nitrogens with zero attached hydrogens (tertiary/aromatic N) is 1. The van der Waals surface area contributed by atoms with E-state index in [1.165, 1.54) is 6.07 Å². The van der Waals surface area contributed by atoms with Crippen molar-refractivity contribution in [3.8, 4) is 11.8 Å². The van der Waals surface area contributed by atoms with E-state index < -0.39 is 5.97 Å². The van der Waals surface area contributed by atoms with Crippen LogP contribution in [-0.2, 0) is 13.0 Å². The highest BCUT2D eigenvalue weighted by atomic mass is 16.5. The van der Waals surface area contributed by atoms with Crippen LogP contribution in [0.1, 0.15) is 21.9 Å². The fraction of sp³-hybridized carbons (Fsp3) is 0.143. The van der Waals surface area contributed by atoms with Gasteiger partial charge in [-0.1, -0.05) is 12.1 Å². The van der Waals surface area contributed by atoms with Gasteiger partial charge in [-0.3, -0.25) is 0 Å². The van der Waals surface area contributed by atoms with Crippen LogP contribution in [0.5, 0.6) is 5.75 Å². The molecule has 1 N–H and O–H groups in total. The van der Waals surface area contributed by atoms with Crippen LogP contribution in [0.3, 0.4) is 0 Å². The van der Waals surface area contributed by atoms with Gasteiger partial charge in [-0.05, 0) is 29.8 Å². The summed E-state index contributed by atoms with van der Waals surface area (Å²) in [6.07, 6.45) is 0.362. The van der Waals surface area contributed by atoms with Crippen molar-refractivity contribution < 1.29 is 19.1 Å². The van der Waals surface area contributed by atoms with Crippen molar-refractivity contribution in [2.24, 2.45) is 0 Å². The van der Waals surface area contributed by atoms with E-state index in [0.717, 1.165) is 5.56 Å². The monoisotopic (exact) mass is 257 g/mol. The largest absolute Gasteiger partial charge is 0.486 e. The van der Waals surface area contributed by atoms with Crippen molar-refractivity contribution in [1.82, 2.24) is 0 Å². The number of carboxylic acids is 1. The molecule has 0 saturated carbocycles. The van der Waals surface area contributed by atoms with Gasteiger partial charge in [-0.25, -0.2) is 4.79 Å². The van der Waals surface area contributed by atoms with Crippen molar-refractivity contribution in [3.05, 3.63) is 53.5 Å². The highest BCUT2D eigenvalue weighted by Crippen LogP contribution is 2.15. The molecule has 1 aromatic carbocycles. The highest BCUT2D eigenvalue weighted by molar-refractivity contribution is 5.84. The van der Waals surface area contributed by atoms with Gasteiger partial charge in [0.25, 0.3) is 0 Å². The van der Waals surface area contributed by atoms with Crippen LogP contribution in [0.2, 0.25) is 0 Å². The second kappa shape index (κ2) is 5.74. The van der Waals surface area contributed by atoms with Gasteiger partial charge >= 0.3 is 5.97 Å². The Balaban J connectivity index is 1.94. The fourth-order valence-electron chi connectivity index (χ4n) is 1.52. The summed E-state index contributed by atoms with van der Waals surface area (Å²) < 4.78 is 10.5. The van der Waals surface area contributed by atoms with Gasteiger partial charge in [0.2, 0.25) is 5.76 Å². The molecule has 0 atom stereocenters. The SMILES string of the molecule is N#CCc1ccc(OCc2ccc(C(=O)O)o2)cc1. The lowest BCUT2D eigenvalue weighted by molar-refractivity contribution is 0.0658. The second-order valence-electron chi connectivity index (χ2n) is 3.84. The molecule has 2 aromatic rings. The Hall–Kier alpha value is -2.74. The number of aromatic carboxylic acids is 1. The molecule has 0 bridgehead atoms. The molecule has 0 aliphatic rings. The molecule has 0 saturated heterocycles. The molecule has 0 spiro atoms. The van der Waals surface area contributed by atoms with Gasteiger partial charge in [0.05, 0.1) is 12.5 Å². The van der Waals surface area contributed by atoms with E-state index in [0.29, 0.717) is 17.9 Å². The lowest BCUT2D eigenvalue weighted by Crippen LogP contribution is -1.95. The van der Waals surface area contributed by atoms with Crippen LogP contribution in [0.15, 0.2) is 40.8 Å². The molecule has 0 fully saturated rings. The maximum absolute atomic E-state index is 10.6. The average Bonchev–Trinajstić information content (AvgIpc) is 2.87. The third kappa shape index (κ3) is 3.36. The standard InChI is InChI=1S/C14H11NO4/c15-8-7-10-1-3-11(4-2-10)18-9-12-5-6-13(19-12)14(16)17/h1-6H,7,9H2,(H,16,17). The predicted molar refractivity (Wildman–Crippen MR) is 65.8 cm³/mol. The second-order valence-corrected chi connectivity index (χ2v) is 3.84. The zero-order valence-electron chi connectivity index (χ0n) is 10.00. The van der Waals surface area contributed by atoms with Crippen LogP contribution < -0.4 is 4.74 Å². The lowest BCUT2D eigenvalue weighted by Gasteiger charge is -2.04. The first-order valence-corrected chi connectivity index (χ1v) is 5.60. The molecule has 19 heavy (non-hydrogen) atoms. The Morgan fingerprint density at radius 1 is 1.26 bits per heavy atom. The van der Waals surface area contributed by atoms with Crippen molar-refractivity contribution in [3.63, 3.8) is 0 Å². The summed E-state index contributed by atoms with van der Waals surface area (Å²) in [5.74, 6) is -0.136. The number of carbonyl (C=O) groups is 1. The predicted octanol–water partition coefficient (Wildman–Crippen LogP) is 2.62. The number of furan rings is 1. The molecule has 96 valence electrons. The summed E-state index contributed by atoms with van der Waals surface area (Å²) >= 11 is 0. The molecule has 0 aliphatic carbocycles. The maximum atomic E-state index is 10.6. The molecule has 0 amide bonds. The van der Waals surface area contributed by atoms with Crippen LogP contribution in [0.25, 0.3) is 0 Å². The molecule has 0 unspecified atom stereocenters. The number of hydrogen-bond acceptors (Lipinski definition) is 4. The molecule has 5 nitrogen and oxygen atoms in total. The van der Waals surface area contributed by atoms with Crippen LogP contribution in [-0.4, -0.2) is 11.1 Å². The van der Waals surface area contributed by atoms with Gasteiger partial charge in [0.1, 0.15) is 18.1 Å². The van der Waals surface area contributed by atoms with Crippen LogP contribution in [0, 0.1) is 11.3 Å². The number of hydrogen-bond donors (Lipinski definition) is 1. The van der Waals surface area contributed by atoms with E-state index in [4.69, 9.17) is 19.5 Å². The Bertz CT molecular complexity index is 607. The van der Waals surface area contributed by atoms with Gasteiger partial charge in [-0.15, -0.1) is 0 Å². The number of ether oxygens (including phenoxy) is 1. The Morgan fingerprint density at radius 3 is 2.58 bits per heavy atom. The summed E-state index contributed by atoms with van der Waals surface area (Å²) in [6.45, 7) is 0.158. The van der Waals surface area contributed by atoms with Crippen molar-refractivity contribution >= 4 is 5.97 Å². The lowest BCUT2D eigenvalue weighted by atomic mass is 10.2. The Morgan fingerprint density at radius 2 is 2.00 bits per heavy atom. The third-order valence-corrected chi connectivity index (χ3v) is 2.46. The minimum Gasteiger partial charge on any atom is -0.486 e. The van der Waals surface area contributed by atoms with E-state index in [2.05, 4.69) is 6.07 Å². The molecule has 2 rings (SSSR count). The molecule has 1 aromatic heterocycles. The van der Waals surface area contributed by atoms with Crippen LogP contribution >= 0.6 is 0 Å². The first-order valence-electron chi connectivity index (χ1n) is 5.60. The smallest absolute Gasteiger partial charge is 0.371 e. The topological polar surface area (TPSA) is 83.5 Å². The van der Waals surface area contributed by atoms with Gasteiger partial charge in [0, 0.05) is 0 Å². The van der Waals surface area contributed by atoms with Gasteiger partial charge in [0.15, 0.2) is 0 Å². The minimum atomic E-state index is -1.10. The van der Waals surface area contributed by atoms with Crippen LogP contribution in [0.4, 0.5) is 0 Å². The van der Waals surface area contributed by atoms with E-state index in [1.54, 1.807) is 18.2 Å². The molecule has 0 aliphatic heterocycles. The van der Waals surface area contributed by atoms with Crippen molar-refractivity contribution in [2.45, 2.75) is 13.0 Å². The van der Waals surface area contributed by atoms with E-state index in [9.17, 15) is 4.79 Å². The number of benzene rings is 1. The third-order valence-electron chi connectivity index (χ3n) is 2.46. The zero-order valence-corrected chi connectivity index (χ0v) is 10.00. The quantitative estimate of drug-likeness (QED) is 0.890. The average molecular weight is 257 g/mol. The van der Waals surface area contributed by atoms with E-state index >= 15 is 0 Å². The molecular formula is C14H11NO4. The summed E-state index contributed by atoms with van der Waals surface area (Å²) in [5.41, 5.74) is 0.918. The molecule has 0 radical (unpaired) electrons. The number of nitriles is 1. The molecular weight excluding hydrogens is 246 g/mol. The summed E-state index contributed by atoms with van der Waals surface area (Å²) in [6, 6.07) is 12.1. The van der Waals surface area contributed by atoms with Crippen molar-refractivity contribution in [1.29, 1.82) is 5.26 Å².